The lowest BCUT2D eigenvalue weighted by molar-refractivity contribution is -0.141. The lowest BCUT2D eigenvalue weighted by Crippen LogP contribution is -2.14. The van der Waals surface area contributed by atoms with Crippen molar-refractivity contribution >= 4 is 10.9 Å². The molecule has 0 aliphatic carbocycles. The molecule has 1 aromatic carbocycles. The summed E-state index contributed by atoms with van der Waals surface area (Å²) in [7, 11) is 1.17. The number of rotatable bonds is 1. The number of ether oxygens (including phenoxy) is 1. The van der Waals surface area contributed by atoms with Crippen LogP contribution < -0.4 is 10.2 Å². The fourth-order valence-electron chi connectivity index (χ4n) is 1.60. The molecule has 0 radical (unpaired) electrons. The Kier molecular flexibility index (Phi) is 2.76. The van der Waals surface area contributed by atoms with Crippen LogP contribution in [0.3, 0.4) is 0 Å². The highest BCUT2D eigenvalue weighted by molar-refractivity contribution is 5.84. The first-order valence-electron chi connectivity index (χ1n) is 4.80. The minimum atomic E-state index is -4.69. The van der Waals surface area contributed by atoms with Crippen molar-refractivity contribution in [3.05, 3.63) is 39.9 Å². The van der Waals surface area contributed by atoms with Gasteiger partial charge in [-0.1, -0.05) is 0 Å². The maximum atomic E-state index is 13.1. The Bertz CT molecular complexity index is 660. The highest BCUT2D eigenvalue weighted by Crippen LogP contribution is 2.30. The number of benzene rings is 1. The predicted octanol–water partition coefficient (Wildman–Crippen LogP) is 2.69. The molecule has 18 heavy (non-hydrogen) atoms. The third-order valence-corrected chi connectivity index (χ3v) is 2.39. The Hall–Kier alpha value is -2.05. The van der Waals surface area contributed by atoms with Crippen molar-refractivity contribution in [2.24, 2.45) is 0 Å². The Morgan fingerprint density at radius 1 is 1.22 bits per heavy atom. The largest absolute Gasteiger partial charge is 0.494 e. The van der Waals surface area contributed by atoms with Crippen LogP contribution in [0.15, 0.2) is 23.0 Å². The van der Waals surface area contributed by atoms with E-state index in [4.69, 9.17) is 4.74 Å². The molecule has 0 spiro atoms. The average Bonchev–Trinajstić information content (AvgIpc) is 2.27. The highest BCUT2D eigenvalue weighted by Gasteiger charge is 2.32. The number of aromatic amines is 1. The van der Waals surface area contributed by atoms with E-state index in [2.05, 4.69) is 0 Å². The Balaban J connectivity index is 2.87. The zero-order valence-corrected chi connectivity index (χ0v) is 9.06. The van der Waals surface area contributed by atoms with Gasteiger partial charge >= 0.3 is 6.18 Å². The molecule has 1 heterocycles. The van der Waals surface area contributed by atoms with Gasteiger partial charge in [0.1, 0.15) is 17.3 Å². The Morgan fingerprint density at radius 3 is 2.44 bits per heavy atom. The summed E-state index contributed by atoms with van der Waals surface area (Å²) in [5, 5.41) is -0.195. The van der Waals surface area contributed by atoms with E-state index < -0.39 is 23.1 Å². The number of halogens is 4. The molecule has 0 unspecified atom stereocenters. The highest BCUT2D eigenvalue weighted by atomic mass is 19.4. The van der Waals surface area contributed by atoms with E-state index in [0.717, 1.165) is 12.1 Å². The van der Waals surface area contributed by atoms with Gasteiger partial charge in [0.25, 0.3) is 0 Å². The third kappa shape index (κ3) is 2.03. The number of pyridine rings is 1. The summed E-state index contributed by atoms with van der Waals surface area (Å²) < 4.78 is 55.5. The SMILES string of the molecule is COc1cc(F)cc2c(=O)cc(C(F)(F)F)[nH]c12. The van der Waals surface area contributed by atoms with E-state index in [1.54, 1.807) is 0 Å². The topological polar surface area (TPSA) is 42.1 Å². The molecule has 0 saturated carbocycles. The van der Waals surface area contributed by atoms with Crippen LogP contribution in [0.25, 0.3) is 10.9 Å². The molecule has 96 valence electrons. The first-order valence-corrected chi connectivity index (χ1v) is 4.80. The van der Waals surface area contributed by atoms with Crippen LogP contribution in [0, 0.1) is 5.82 Å². The molecule has 1 aromatic heterocycles. The Morgan fingerprint density at radius 2 is 1.89 bits per heavy atom. The molecule has 0 aliphatic rings. The molecule has 1 N–H and O–H groups in total. The fraction of sp³-hybridized carbons (Fsp3) is 0.182. The number of alkyl halides is 3. The predicted molar refractivity (Wildman–Crippen MR) is 56.1 cm³/mol. The van der Waals surface area contributed by atoms with E-state index in [0.29, 0.717) is 6.07 Å². The molecule has 0 saturated heterocycles. The molecule has 0 aliphatic heterocycles. The minimum Gasteiger partial charge on any atom is -0.494 e. The van der Waals surface area contributed by atoms with Crippen molar-refractivity contribution in [2.45, 2.75) is 6.18 Å². The van der Waals surface area contributed by atoms with Gasteiger partial charge in [0.15, 0.2) is 5.43 Å². The fourth-order valence-corrected chi connectivity index (χ4v) is 1.60. The van der Waals surface area contributed by atoms with Crippen molar-refractivity contribution in [3.63, 3.8) is 0 Å². The maximum Gasteiger partial charge on any atom is 0.431 e. The van der Waals surface area contributed by atoms with Gasteiger partial charge in [-0.3, -0.25) is 4.79 Å². The summed E-state index contributed by atoms with van der Waals surface area (Å²) in [6, 6.07) is 2.15. The van der Waals surface area contributed by atoms with Crippen LogP contribution >= 0.6 is 0 Å². The van der Waals surface area contributed by atoms with Crippen molar-refractivity contribution in [1.82, 2.24) is 4.98 Å². The molecule has 0 bridgehead atoms. The zero-order valence-electron chi connectivity index (χ0n) is 9.06. The molecule has 3 nitrogen and oxygen atoms in total. The van der Waals surface area contributed by atoms with E-state index in [1.165, 1.54) is 7.11 Å². The average molecular weight is 261 g/mol. The first kappa shape index (κ1) is 12.4. The van der Waals surface area contributed by atoms with Crippen LogP contribution in [-0.4, -0.2) is 12.1 Å². The molecule has 7 heteroatoms. The summed E-state index contributed by atoms with van der Waals surface area (Å²) in [6.45, 7) is 0. The number of fused-ring (bicyclic) bond motifs is 1. The summed E-state index contributed by atoms with van der Waals surface area (Å²) >= 11 is 0. The van der Waals surface area contributed by atoms with Gasteiger partial charge in [-0.25, -0.2) is 4.39 Å². The molecular weight excluding hydrogens is 254 g/mol. The summed E-state index contributed by atoms with van der Waals surface area (Å²) in [6.07, 6.45) is -4.69. The van der Waals surface area contributed by atoms with Gasteiger partial charge in [-0.05, 0) is 6.07 Å². The quantitative estimate of drug-likeness (QED) is 0.802. The smallest absolute Gasteiger partial charge is 0.431 e. The number of hydrogen-bond acceptors (Lipinski definition) is 2. The van der Waals surface area contributed by atoms with Gasteiger partial charge in [-0.2, -0.15) is 13.2 Å². The summed E-state index contributed by atoms with van der Waals surface area (Å²) in [5.74, 6) is -0.919. The molecule has 0 amide bonds. The maximum absolute atomic E-state index is 13.1. The second kappa shape index (κ2) is 4.01. The monoisotopic (exact) mass is 261 g/mol. The molecule has 0 fully saturated rings. The zero-order chi connectivity index (χ0) is 13.5. The Labute approximate surface area is 98.0 Å². The van der Waals surface area contributed by atoms with Gasteiger partial charge in [0, 0.05) is 12.1 Å². The second-order valence-corrected chi connectivity index (χ2v) is 3.58. The van der Waals surface area contributed by atoms with E-state index in [1.807, 2.05) is 4.98 Å². The molecule has 2 rings (SSSR count). The van der Waals surface area contributed by atoms with E-state index >= 15 is 0 Å². The number of aromatic nitrogens is 1. The lowest BCUT2D eigenvalue weighted by atomic mass is 10.1. The van der Waals surface area contributed by atoms with Crippen LogP contribution in [0.4, 0.5) is 17.6 Å². The normalized spacial score (nSPS) is 11.8. The van der Waals surface area contributed by atoms with Gasteiger partial charge in [0.2, 0.25) is 0 Å². The number of nitrogens with one attached hydrogen (secondary N) is 1. The van der Waals surface area contributed by atoms with Crippen LogP contribution in [0.5, 0.6) is 5.75 Å². The van der Waals surface area contributed by atoms with Crippen molar-refractivity contribution < 1.29 is 22.3 Å². The summed E-state index contributed by atoms with van der Waals surface area (Å²) in [4.78, 5) is 13.6. The molecular formula is C11H7F4NO2. The number of hydrogen-bond donors (Lipinski definition) is 1. The number of H-pyrrole nitrogens is 1. The van der Waals surface area contributed by atoms with Crippen LogP contribution in [-0.2, 0) is 6.18 Å². The lowest BCUT2D eigenvalue weighted by Gasteiger charge is -2.10. The third-order valence-electron chi connectivity index (χ3n) is 2.39. The van der Waals surface area contributed by atoms with E-state index in [9.17, 15) is 22.4 Å². The van der Waals surface area contributed by atoms with Gasteiger partial charge < -0.3 is 9.72 Å². The minimum absolute atomic E-state index is 0.159. The standard InChI is InChI=1S/C11H7F4NO2/c1-18-8-3-5(12)2-6-7(17)4-9(11(13,14)15)16-10(6)8/h2-4H,1H3,(H,16,17). The van der Waals surface area contributed by atoms with Gasteiger partial charge in [-0.15, -0.1) is 0 Å². The van der Waals surface area contributed by atoms with Crippen LogP contribution in [0.2, 0.25) is 0 Å². The van der Waals surface area contributed by atoms with Gasteiger partial charge in [0.05, 0.1) is 18.0 Å². The first-order chi connectivity index (χ1) is 8.32. The van der Waals surface area contributed by atoms with E-state index in [-0.39, 0.29) is 16.7 Å². The second-order valence-electron chi connectivity index (χ2n) is 3.58. The van der Waals surface area contributed by atoms with Crippen molar-refractivity contribution in [2.75, 3.05) is 7.11 Å². The van der Waals surface area contributed by atoms with Crippen molar-refractivity contribution in [1.29, 1.82) is 0 Å². The number of methoxy groups -OCH3 is 1. The summed E-state index contributed by atoms with van der Waals surface area (Å²) in [5.41, 5.74) is -2.31. The molecule has 0 atom stereocenters. The molecule has 2 aromatic rings. The van der Waals surface area contributed by atoms with Crippen LogP contribution in [0.1, 0.15) is 5.69 Å². The van der Waals surface area contributed by atoms with Crippen molar-refractivity contribution in [3.8, 4) is 5.75 Å².